The Hall–Kier alpha value is -0.650. The highest BCUT2D eigenvalue weighted by Crippen LogP contribution is 2.17. The van der Waals surface area contributed by atoms with Gasteiger partial charge in [0.15, 0.2) is 0 Å². The molecule has 0 saturated heterocycles. The van der Waals surface area contributed by atoms with E-state index in [4.69, 9.17) is 0 Å². The Morgan fingerprint density at radius 1 is 0.457 bits per heavy atom. The Morgan fingerprint density at radius 2 is 0.739 bits per heavy atom. The molecule has 0 radical (unpaired) electrons. The number of hydrogen-bond donors (Lipinski definition) is 4. The van der Waals surface area contributed by atoms with Crippen LogP contribution in [0.15, 0.2) is 0 Å². The lowest BCUT2D eigenvalue weighted by atomic mass is 9.99. The largest absolute Gasteiger partial charge is 0.394 e. The van der Waals surface area contributed by atoms with Gasteiger partial charge in [0.25, 0.3) is 0 Å². The second-order valence-electron chi connectivity index (χ2n) is 14.6. The fourth-order valence-electron chi connectivity index (χ4n) is 6.69. The fourth-order valence-corrected chi connectivity index (χ4v) is 6.69. The minimum Gasteiger partial charge on any atom is -0.394 e. The van der Waals surface area contributed by atoms with Gasteiger partial charge in [-0.1, -0.05) is 213 Å². The van der Waals surface area contributed by atoms with Crippen LogP contribution in [0.1, 0.15) is 232 Å². The molecule has 0 fully saturated rings. The maximum absolute atomic E-state index is 12.4. The van der Waals surface area contributed by atoms with Crippen LogP contribution >= 0.6 is 0 Å². The summed E-state index contributed by atoms with van der Waals surface area (Å²) in [6, 6.07) is -0.801. The summed E-state index contributed by atoms with van der Waals surface area (Å²) in [5.41, 5.74) is 0. The van der Waals surface area contributed by atoms with Gasteiger partial charge in [-0.25, -0.2) is 0 Å². The van der Waals surface area contributed by atoms with E-state index in [0.29, 0.717) is 12.8 Å². The third kappa shape index (κ3) is 31.9. The van der Waals surface area contributed by atoms with Gasteiger partial charge in [0.05, 0.1) is 18.8 Å². The van der Waals surface area contributed by atoms with Crippen molar-refractivity contribution in [2.45, 2.75) is 250 Å². The molecule has 0 rings (SSSR count). The topological polar surface area (TPSA) is 89.8 Å². The SMILES string of the molecule is CCCCCCCCCCCCCCCCCCC(=O)NC(CO)C(O)C(O)CCCCCCCCCCCCCCCCCC. The van der Waals surface area contributed by atoms with Crippen LogP contribution in [-0.4, -0.2) is 46.1 Å². The van der Waals surface area contributed by atoms with Crippen LogP contribution in [0.5, 0.6) is 0 Å². The summed E-state index contributed by atoms with van der Waals surface area (Å²) in [4.78, 5) is 12.4. The Labute approximate surface area is 287 Å². The maximum atomic E-state index is 12.4. The lowest BCUT2D eigenvalue weighted by Crippen LogP contribution is -2.50. The molecule has 0 aromatic rings. The van der Waals surface area contributed by atoms with E-state index in [2.05, 4.69) is 19.2 Å². The van der Waals surface area contributed by atoms with E-state index >= 15 is 0 Å². The minimum atomic E-state index is -1.13. The Morgan fingerprint density at radius 3 is 1.04 bits per heavy atom. The number of rotatable bonds is 38. The van der Waals surface area contributed by atoms with Crippen molar-refractivity contribution >= 4 is 5.91 Å². The van der Waals surface area contributed by atoms with E-state index in [9.17, 15) is 20.1 Å². The van der Waals surface area contributed by atoms with E-state index in [1.807, 2.05) is 0 Å². The van der Waals surface area contributed by atoms with E-state index in [-0.39, 0.29) is 12.5 Å². The lowest BCUT2D eigenvalue weighted by molar-refractivity contribution is -0.124. The number of unbranched alkanes of at least 4 members (excludes halogenated alkanes) is 30. The van der Waals surface area contributed by atoms with Gasteiger partial charge in [-0.2, -0.15) is 0 Å². The van der Waals surface area contributed by atoms with Gasteiger partial charge in [-0.15, -0.1) is 0 Å². The third-order valence-corrected chi connectivity index (χ3v) is 9.96. The average Bonchev–Trinajstić information content (AvgIpc) is 3.06. The van der Waals surface area contributed by atoms with Crippen LogP contribution in [0.2, 0.25) is 0 Å². The number of hydrogen-bond acceptors (Lipinski definition) is 4. The third-order valence-electron chi connectivity index (χ3n) is 9.96. The standard InChI is InChI=1S/C41H83NO4/c1-3-5-7-9-11-13-15-17-19-21-23-25-27-29-31-33-35-39(44)41(46)38(37-43)42-40(45)36-34-32-30-28-26-24-22-20-18-16-14-12-10-8-6-4-2/h38-39,41,43-44,46H,3-37H2,1-2H3,(H,42,45). The molecule has 1 amide bonds. The average molecular weight is 654 g/mol. The van der Waals surface area contributed by atoms with Crippen LogP contribution in [0.4, 0.5) is 0 Å². The molecule has 0 saturated carbocycles. The van der Waals surface area contributed by atoms with Crippen LogP contribution in [-0.2, 0) is 4.79 Å². The van der Waals surface area contributed by atoms with Crippen LogP contribution in [0, 0.1) is 0 Å². The Balaban J connectivity index is 3.61. The second kappa shape index (κ2) is 37.2. The summed E-state index contributed by atoms with van der Waals surface area (Å²) in [5, 5.41) is 33.5. The molecule has 0 aromatic heterocycles. The van der Waals surface area contributed by atoms with Crippen molar-refractivity contribution in [3.8, 4) is 0 Å². The maximum Gasteiger partial charge on any atom is 0.220 e. The molecule has 0 aliphatic heterocycles. The first-order valence-electron chi connectivity index (χ1n) is 20.8. The highest BCUT2D eigenvalue weighted by Gasteiger charge is 2.26. The molecule has 0 heterocycles. The van der Waals surface area contributed by atoms with Gasteiger partial charge in [0, 0.05) is 6.42 Å². The normalized spacial score (nSPS) is 13.6. The Kier molecular flexibility index (Phi) is 36.6. The molecule has 3 atom stereocenters. The van der Waals surface area contributed by atoms with Gasteiger partial charge in [0.2, 0.25) is 5.91 Å². The monoisotopic (exact) mass is 654 g/mol. The molecule has 0 aliphatic rings. The summed E-state index contributed by atoms with van der Waals surface area (Å²) < 4.78 is 0. The lowest BCUT2D eigenvalue weighted by Gasteiger charge is -2.26. The van der Waals surface area contributed by atoms with E-state index in [1.165, 1.54) is 173 Å². The molecule has 0 bridgehead atoms. The van der Waals surface area contributed by atoms with Crippen molar-refractivity contribution in [2.24, 2.45) is 0 Å². The quantitative estimate of drug-likeness (QED) is 0.0499. The van der Waals surface area contributed by atoms with Crippen molar-refractivity contribution in [1.29, 1.82) is 0 Å². The number of aliphatic hydroxyl groups is 3. The zero-order valence-electron chi connectivity index (χ0n) is 31.2. The zero-order chi connectivity index (χ0) is 33.8. The van der Waals surface area contributed by atoms with Crippen LogP contribution < -0.4 is 5.32 Å². The first-order valence-corrected chi connectivity index (χ1v) is 20.8. The number of aliphatic hydroxyl groups excluding tert-OH is 3. The van der Waals surface area contributed by atoms with Crippen molar-refractivity contribution in [2.75, 3.05) is 6.61 Å². The predicted molar refractivity (Wildman–Crippen MR) is 199 cm³/mol. The second-order valence-corrected chi connectivity index (χ2v) is 14.6. The zero-order valence-corrected chi connectivity index (χ0v) is 31.2. The first-order chi connectivity index (χ1) is 22.6. The first kappa shape index (κ1) is 45.3. The molecule has 3 unspecified atom stereocenters. The highest BCUT2D eigenvalue weighted by molar-refractivity contribution is 5.76. The molecule has 276 valence electrons. The van der Waals surface area contributed by atoms with Gasteiger partial charge in [-0.3, -0.25) is 4.79 Å². The van der Waals surface area contributed by atoms with E-state index in [1.54, 1.807) is 0 Å². The summed E-state index contributed by atoms with van der Waals surface area (Å²) in [6.45, 7) is 4.19. The molecule has 4 N–H and O–H groups in total. The summed E-state index contributed by atoms with van der Waals surface area (Å²) >= 11 is 0. The molecule has 0 aliphatic carbocycles. The number of carbonyl (C=O) groups is 1. The van der Waals surface area contributed by atoms with E-state index in [0.717, 1.165) is 32.1 Å². The van der Waals surface area contributed by atoms with Crippen molar-refractivity contribution in [1.82, 2.24) is 5.32 Å². The summed E-state index contributed by atoms with van der Waals surface area (Å²) in [7, 11) is 0. The highest BCUT2D eigenvalue weighted by atomic mass is 16.3. The van der Waals surface area contributed by atoms with Crippen molar-refractivity contribution in [3.05, 3.63) is 0 Å². The van der Waals surface area contributed by atoms with E-state index < -0.39 is 18.2 Å². The van der Waals surface area contributed by atoms with Crippen LogP contribution in [0.25, 0.3) is 0 Å². The van der Waals surface area contributed by atoms with Crippen molar-refractivity contribution in [3.63, 3.8) is 0 Å². The van der Waals surface area contributed by atoms with Gasteiger partial charge >= 0.3 is 0 Å². The molecular weight excluding hydrogens is 570 g/mol. The number of nitrogens with one attached hydrogen (secondary N) is 1. The molecule has 5 nitrogen and oxygen atoms in total. The number of amides is 1. The van der Waals surface area contributed by atoms with Gasteiger partial charge in [0.1, 0.15) is 6.10 Å². The van der Waals surface area contributed by atoms with Gasteiger partial charge in [-0.05, 0) is 12.8 Å². The van der Waals surface area contributed by atoms with Crippen molar-refractivity contribution < 1.29 is 20.1 Å². The number of carbonyl (C=O) groups excluding carboxylic acids is 1. The van der Waals surface area contributed by atoms with Crippen LogP contribution in [0.3, 0.4) is 0 Å². The smallest absolute Gasteiger partial charge is 0.220 e. The summed E-state index contributed by atoms with van der Waals surface area (Å²) in [6.07, 6.45) is 40.5. The summed E-state index contributed by atoms with van der Waals surface area (Å²) in [5.74, 6) is -0.141. The molecular formula is C41H83NO4. The molecule has 0 aromatic carbocycles. The molecule has 0 spiro atoms. The van der Waals surface area contributed by atoms with Gasteiger partial charge < -0.3 is 20.6 Å². The Bertz CT molecular complexity index is 601. The molecule has 46 heavy (non-hydrogen) atoms. The predicted octanol–water partition coefficient (Wildman–Crippen LogP) is 11.5. The minimum absolute atomic E-state index is 0.141. The fraction of sp³-hybridized carbons (Fsp3) is 0.976. The molecule has 5 heteroatoms.